The second-order valence-electron chi connectivity index (χ2n) is 5.97. The Morgan fingerprint density at radius 2 is 2.04 bits per heavy atom. The van der Waals surface area contributed by atoms with Gasteiger partial charge in [0.2, 0.25) is 0 Å². The Hall–Kier alpha value is -1.98. The molecule has 4 nitrogen and oxygen atoms in total. The van der Waals surface area contributed by atoms with Gasteiger partial charge in [-0.15, -0.1) is 0 Å². The summed E-state index contributed by atoms with van der Waals surface area (Å²) in [6.45, 7) is 7.72. The molecule has 3 aromatic rings. The highest BCUT2D eigenvalue weighted by molar-refractivity contribution is 7.17. The smallest absolute Gasteiger partial charge is 0.250 e. The van der Waals surface area contributed by atoms with Crippen molar-refractivity contribution in [3.05, 3.63) is 41.2 Å². The standard InChI is InChI=1S/C19H22N2O2S/c1-4-23-12-11-21-16-10-9-14-7-5-6-8-15(14)17(16)24-19(21)20-18(22)13(2)3/h5-10,13H,4,11-12H2,1-3H3. The lowest BCUT2D eigenvalue weighted by molar-refractivity contribution is -0.120. The number of ether oxygens (including phenoxy) is 1. The average molecular weight is 342 g/mol. The van der Waals surface area contributed by atoms with Gasteiger partial charge in [0, 0.05) is 24.5 Å². The van der Waals surface area contributed by atoms with Crippen LogP contribution >= 0.6 is 11.3 Å². The SMILES string of the molecule is CCOCCn1c(=NC(=O)C(C)C)sc2c3ccccc3ccc21. The zero-order chi connectivity index (χ0) is 17.1. The van der Waals surface area contributed by atoms with Crippen LogP contribution in [-0.4, -0.2) is 23.7 Å². The van der Waals surface area contributed by atoms with Crippen molar-refractivity contribution in [3.63, 3.8) is 0 Å². The van der Waals surface area contributed by atoms with Crippen molar-refractivity contribution in [2.24, 2.45) is 10.9 Å². The van der Waals surface area contributed by atoms with Crippen molar-refractivity contribution >= 4 is 38.2 Å². The lowest BCUT2D eigenvalue weighted by Gasteiger charge is -2.06. The van der Waals surface area contributed by atoms with Crippen LogP contribution in [0.1, 0.15) is 20.8 Å². The average Bonchev–Trinajstić information content (AvgIpc) is 2.93. The van der Waals surface area contributed by atoms with E-state index in [2.05, 4.69) is 33.8 Å². The molecule has 0 aliphatic heterocycles. The molecule has 0 fully saturated rings. The van der Waals surface area contributed by atoms with Crippen LogP contribution in [0.15, 0.2) is 41.4 Å². The molecular weight excluding hydrogens is 320 g/mol. The number of nitrogens with zero attached hydrogens (tertiary/aromatic N) is 2. The van der Waals surface area contributed by atoms with E-state index in [-0.39, 0.29) is 11.8 Å². The predicted molar refractivity (Wildman–Crippen MR) is 99.2 cm³/mol. The van der Waals surface area contributed by atoms with E-state index in [4.69, 9.17) is 4.74 Å². The molecule has 24 heavy (non-hydrogen) atoms. The molecule has 5 heteroatoms. The van der Waals surface area contributed by atoms with Gasteiger partial charge in [0.1, 0.15) is 0 Å². The van der Waals surface area contributed by atoms with Crippen LogP contribution < -0.4 is 4.80 Å². The van der Waals surface area contributed by atoms with Gasteiger partial charge in [-0.2, -0.15) is 4.99 Å². The number of fused-ring (bicyclic) bond motifs is 3. The van der Waals surface area contributed by atoms with E-state index < -0.39 is 0 Å². The van der Waals surface area contributed by atoms with Crippen molar-refractivity contribution in [2.45, 2.75) is 27.3 Å². The van der Waals surface area contributed by atoms with E-state index in [1.165, 1.54) is 15.5 Å². The van der Waals surface area contributed by atoms with Crippen LogP contribution in [0.3, 0.4) is 0 Å². The fourth-order valence-electron chi connectivity index (χ4n) is 2.62. The number of hydrogen-bond acceptors (Lipinski definition) is 3. The molecule has 1 amide bonds. The summed E-state index contributed by atoms with van der Waals surface area (Å²) in [5.74, 6) is -0.191. The third kappa shape index (κ3) is 3.28. The summed E-state index contributed by atoms with van der Waals surface area (Å²) in [6, 6.07) is 12.5. The van der Waals surface area contributed by atoms with E-state index in [1.807, 2.05) is 32.9 Å². The van der Waals surface area contributed by atoms with Crippen LogP contribution in [0, 0.1) is 5.92 Å². The topological polar surface area (TPSA) is 43.6 Å². The Labute approximate surface area is 145 Å². The van der Waals surface area contributed by atoms with Crippen molar-refractivity contribution in [1.82, 2.24) is 4.57 Å². The molecule has 0 spiro atoms. The van der Waals surface area contributed by atoms with Crippen molar-refractivity contribution in [2.75, 3.05) is 13.2 Å². The molecule has 0 atom stereocenters. The minimum atomic E-state index is -0.104. The molecule has 0 unspecified atom stereocenters. The fraction of sp³-hybridized carbons (Fsp3) is 0.368. The van der Waals surface area contributed by atoms with Crippen molar-refractivity contribution < 1.29 is 9.53 Å². The van der Waals surface area contributed by atoms with Gasteiger partial charge in [0.25, 0.3) is 5.91 Å². The molecule has 0 saturated carbocycles. The van der Waals surface area contributed by atoms with E-state index in [1.54, 1.807) is 11.3 Å². The van der Waals surface area contributed by atoms with E-state index >= 15 is 0 Å². The van der Waals surface area contributed by atoms with Gasteiger partial charge in [-0.3, -0.25) is 4.79 Å². The molecule has 0 radical (unpaired) electrons. The summed E-state index contributed by atoms with van der Waals surface area (Å²) in [5, 5.41) is 2.40. The lowest BCUT2D eigenvalue weighted by Crippen LogP contribution is -2.20. The third-order valence-electron chi connectivity index (χ3n) is 3.94. The first-order chi connectivity index (χ1) is 11.6. The van der Waals surface area contributed by atoms with Crippen LogP contribution in [-0.2, 0) is 16.1 Å². The Kier molecular flexibility index (Phi) is 5.11. The summed E-state index contributed by atoms with van der Waals surface area (Å²) in [5.41, 5.74) is 1.11. The molecule has 0 bridgehead atoms. The van der Waals surface area contributed by atoms with Gasteiger partial charge >= 0.3 is 0 Å². The predicted octanol–water partition coefficient (Wildman–Crippen LogP) is 3.98. The minimum absolute atomic E-state index is 0.0870. The molecule has 1 aromatic heterocycles. The zero-order valence-corrected chi connectivity index (χ0v) is 15.1. The number of carbonyl (C=O) groups excluding carboxylic acids is 1. The van der Waals surface area contributed by atoms with Crippen LogP contribution in [0.4, 0.5) is 0 Å². The Morgan fingerprint density at radius 1 is 1.25 bits per heavy atom. The first-order valence-electron chi connectivity index (χ1n) is 8.29. The van der Waals surface area contributed by atoms with Gasteiger partial charge < -0.3 is 9.30 Å². The Balaban J connectivity index is 2.22. The van der Waals surface area contributed by atoms with Gasteiger partial charge in [-0.05, 0) is 18.4 Å². The molecule has 0 aliphatic rings. The van der Waals surface area contributed by atoms with E-state index in [0.717, 1.165) is 10.3 Å². The second-order valence-corrected chi connectivity index (χ2v) is 6.95. The Bertz CT molecular complexity index is 937. The normalized spacial score (nSPS) is 12.6. The molecular formula is C19H22N2O2S. The van der Waals surface area contributed by atoms with E-state index in [9.17, 15) is 4.79 Å². The molecule has 0 aliphatic carbocycles. The quantitative estimate of drug-likeness (QED) is 0.658. The monoisotopic (exact) mass is 342 g/mol. The summed E-state index contributed by atoms with van der Waals surface area (Å²) < 4.78 is 8.77. The highest BCUT2D eigenvalue weighted by atomic mass is 32.1. The zero-order valence-electron chi connectivity index (χ0n) is 14.3. The van der Waals surface area contributed by atoms with Gasteiger partial charge in [-0.25, -0.2) is 0 Å². The highest BCUT2D eigenvalue weighted by Crippen LogP contribution is 2.27. The van der Waals surface area contributed by atoms with E-state index in [0.29, 0.717) is 19.8 Å². The summed E-state index contributed by atoms with van der Waals surface area (Å²) in [6.07, 6.45) is 0. The molecule has 2 aromatic carbocycles. The summed E-state index contributed by atoms with van der Waals surface area (Å²) in [4.78, 5) is 17.2. The number of amides is 1. The number of benzene rings is 2. The Morgan fingerprint density at radius 3 is 2.79 bits per heavy atom. The van der Waals surface area contributed by atoms with Crippen molar-refractivity contribution in [3.8, 4) is 0 Å². The minimum Gasteiger partial charge on any atom is -0.380 e. The molecule has 1 heterocycles. The second kappa shape index (κ2) is 7.28. The maximum Gasteiger partial charge on any atom is 0.250 e. The maximum absolute atomic E-state index is 12.1. The van der Waals surface area contributed by atoms with Crippen molar-refractivity contribution in [1.29, 1.82) is 0 Å². The summed E-state index contributed by atoms with van der Waals surface area (Å²) >= 11 is 1.58. The lowest BCUT2D eigenvalue weighted by atomic mass is 10.1. The molecule has 0 saturated heterocycles. The number of hydrogen-bond donors (Lipinski definition) is 0. The molecule has 0 N–H and O–H groups in total. The van der Waals surface area contributed by atoms with Crippen LogP contribution in [0.5, 0.6) is 0 Å². The van der Waals surface area contributed by atoms with Crippen LogP contribution in [0.25, 0.3) is 21.0 Å². The number of rotatable bonds is 5. The maximum atomic E-state index is 12.1. The number of aromatic nitrogens is 1. The third-order valence-corrected chi connectivity index (χ3v) is 5.06. The number of thiazole rings is 1. The van der Waals surface area contributed by atoms with Gasteiger partial charge in [0.05, 0.1) is 16.8 Å². The fourth-order valence-corrected chi connectivity index (χ4v) is 3.82. The van der Waals surface area contributed by atoms with Gasteiger partial charge in [-0.1, -0.05) is 55.5 Å². The van der Waals surface area contributed by atoms with Crippen LogP contribution in [0.2, 0.25) is 0 Å². The number of carbonyl (C=O) groups is 1. The van der Waals surface area contributed by atoms with Gasteiger partial charge in [0.15, 0.2) is 4.80 Å². The first kappa shape index (κ1) is 16.9. The molecule has 3 rings (SSSR count). The highest BCUT2D eigenvalue weighted by Gasteiger charge is 2.12. The largest absolute Gasteiger partial charge is 0.380 e. The summed E-state index contributed by atoms with van der Waals surface area (Å²) in [7, 11) is 0. The first-order valence-corrected chi connectivity index (χ1v) is 9.11. The molecule has 126 valence electrons.